The number of benzene rings is 1. The number of hydrogen-bond acceptors (Lipinski definition) is 1. The molecule has 0 radical (unpaired) electrons. The molecule has 13 heavy (non-hydrogen) atoms. The molecule has 0 amide bonds. The Morgan fingerprint density at radius 2 is 2.00 bits per heavy atom. The molecule has 1 aromatic carbocycles. The Balaban J connectivity index is 0.000000845. The fraction of sp³-hybridized carbons (Fsp3) is 0.400. The van der Waals surface area contributed by atoms with Crippen LogP contribution in [0.25, 0.3) is 0 Å². The van der Waals surface area contributed by atoms with Gasteiger partial charge in [0.15, 0.2) is 0 Å². The van der Waals surface area contributed by atoms with E-state index < -0.39 is 0 Å². The predicted molar refractivity (Wildman–Crippen MR) is 58.5 cm³/mol. The molecule has 0 bridgehead atoms. The van der Waals surface area contributed by atoms with E-state index in [-0.39, 0.29) is 17.9 Å². The molecule has 2 N–H and O–H groups in total. The van der Waals surface area contributed by atoms with E-state index in [4.69, 9.17) is 17.3 Å². The Bertz CT molecular complexity index is 319. The average Bonchev–Trinajstić information content (AvgIpc) is 2.75. The Hall–Kier alpha value is -0.240. The van der Waals surface area contributed by atoms with Gasteiger partial charge in [0, 0.05) is 10.6 Å². The lowest BCUT2D eigenvalue weighted by Gasteiger charge is -2.12. The Morgan fingerprint density at radius 3 is 2.54 bits per heavy atom. The van der Waals surface area contributed by atoms with Gasteiger partial charge >= 0.3 is 0 Å². The molecule has 0 spiro atoms. The second-order valence-electron chi connectivity index (χ2n) is 3.62. The fourth-order valence-corrected chi connectivity index (χ4v) is 1.71. The van der Waals surface area contributed by atoms with Crippen LogP contribution in [0.3, 0.4) is 0 Å². The van der Waals surface area contributed by atoms with E-state index in [2.05, 4.69) is 6.92 Å². The van der Waals surface area contributed by atoms with Crippen LogP contribution in [-0.2, 0) is 5.54 Å². The lowest BCUT2D eigenvalue weighted by molar-refractivity contribution is 0.733. The highest BCUT2D eigenvalue weighted by molar-refractivity contribution is 6.30. The van der Waals surface area contributed by atoms with Gasteiger partial charge in [0.1, 0.15) is 0 Å². The first kappa shape index (κ1) is 10.8. The number of halogens is 2. The van der Waals surface area contributed by atoms with Crippen molar-refractivity contribution < 1.29 is 0 Å². The minimum atomic E-state index is -0.0605. The number of rotatable bonds is 1. The van der Waals surface area contributed by atoms with E-state index in [1.54, 1.807) is 0 Å². The molecule has 0 atom stereocenters. The summed E-state index contributed by atoms with van der Waals surface area (Å²) in [6.45, 7) is 2.08. The number of nitrogens with two attached hydrogens (primary N) is 1. The van der Waals surface area contributed by atoms with Crippen molar-refractivity contribution >= 4 is 24.0 Å². The molecule has 1 fully saturated rings. The smallest absolute Gasteiger partial charge is 0.0414 e. The average molecular weight is 218 g/mol. The maximum absolute atomic E-state index is 6.08. The van der Waals surface area contributed by atoms with Gasteiger partial charge in [-0.05, 0) is 43.0 Å². The van der Waals surface area contributed by atoms with Gasteiger partial charge in [0.25, 0.3) is 0 Å². The summed E-state index contributed by atoms with van der Waals surface area (Å²) in [5, 5.41) is 0.785. The van der Waals surface area contributed by atoms with Crippen LogP contribution in [0.4, 0.5) is 0 Å². The van der Waals surface area contributed by atoms with E-state index in [9.17, 15) is 0 Å². The van der Waals surface area contributed by atoms with Crippen molar-refractivity contribution in [2.24, 2.45) is 5.73 Å². The lowest BCUT2D eigenvalue weighted by Crippen LogP contribution is -2.19. The third kappa shape index (κ3) is 1.98. The minimum absolute atomic E-state index is 0. The Morgan fingerprint density at radius 1 is 1.38 bits per heavy atom. The van der Waals surface area contributed by atoms with Crippen molar-refractivity contribution in [2.45, 2.75) is 25.3 Å². The highest BCUT2D eigenvalue weighted by Crippen LogP contribution is 2.44. The first-order valence-corrected chi connectivity index (χ1v) is 4.55. The third-order valence-corrected chi connectivity index (χ3v) is 2.76. The van der Waals surface area contributed by atoms with Crippen LogP contribution in [0.15, 0.2) is 18.2 Å². The van der Waals surface area contributed by atoms with Crippen LogP contribution >= 0.6 is 24.0 Å². The van der Waals surface area contributed by atoms with Gasteiger partial charge in [-0.15, -0.1) is 12.4 Å². The van der Waals surface area contributed by atoms with Gasteiger partial charge in [-0.2, -0.15) is 0 Å². The molecule has 3 heteroatoms. The SMILES string of the molecule is Cc1ccc(Cl)cc1C1(N)CC1.Cl. The summed E-state index contributed by atoms with van der Waals surface area (Å²) in [6.07, 6.45) is 2.18. The first-order valence-electron chi connectivity index (χ1n) is 4.17. The molecule has 1 aliphatic rings. The van der Waals surface area contributed by atoms with Crippen LogP contribution in [0, 0.1) is 6.92 Å². The van der Waals surface area contributed by atoms with Gasteiger partial charge < -0.3 is 5.73 Å². The Kier molecular flexibility index (Phi) is 2.91. The molecule has 0 heterocycles. The Labute approximate surface area is 89.7 Å². The molecule has 0 unspecified atom stereocenters. The summed E-state index contributed by atoms with van der Waals surface area (Å²) < 4.78 is 0. The zero-order valence-electron chi connectivity index (χ0n) is 7.51. The molecule has 0 aliphatic heterocycles. The van der Waals surface area contributed by atoms with Crippen molar-refractivity contribution in [2.75, 3.05) is 0 Å². The van der Waals surface area contributed by atoms with Gasteiger partial charge in [-0.1, -0.05) is 17.7 Å². The molecular formula is C10H13Cl2N. The second kappa shape index (κ2) is 3.49. The normalized spacial score (nSPS) is 17.8. The van der Waals surface area contributed by atoms with E-state index in [0.717, 1.165) is 17.9 Å². The summed E-state index contributed by atoms with van der Waals surface area (Å²) >= 11 is 5.90. The van der Waals surface area contributed by atoms with Crippen LogP contribution in [-0.4, -0.2) is 0 Å². The molecule has 1 saturated carbocycles. The molecule has 72 valence electrons. The predicted octanol–water partition coefficient (Wildman–Crippen LogP) is 3.02. The lowest BCUT2D eigenvalue weighted by atomic mass is 10.0. The second-order valence-corrected chi connectivity index (χ2v) is 4.05. The molecule has 1 nitrogen and oxygen atoms in total. The summed E-state index contributed by atoms with van der Waals surface area (Å²) in [4.78, 5) is 0. The van der Waals surface area contributed by atoms with Crippen LogP contribution < -0.4 is 5.73 Å². The van der Waals surface area contributed by atoms with Gasteiger partial charge in [0.2, 0.25) is 0 Å². The zero-order valence-corrected chi connectivity index (χ0v) is 9.08. The fourth-order valence-electron chi connectivity index (χ4n) is 1.53. The molecule has 0 aromatic heterocycles. The number of hydrogen-bond donors (Lipinski definition) is 1. The topological polar surface area (TPSA) is 26.0 Å². The quantitative estimate of drug-likeness (QED) is 0.770. The van der Waals surface area contributed by atoms with E-state index in [0.29, 0.717) is 0 Å². The summed E-state index contributed by atoms with van der Waals surface area (Å²) in [5.74, 6) is 0. The molecular weight excluding hydrogens is 205 g/mol. The van der Waals surface area contributed by atoms with Gasteiger partial charge in [0.05, 0.1) is 0 Å². The third-order valence-electron chi connectivity index (χ3n) is 2.52. The van der Waals surface area contributed by atoms with Crippen molar-refractivity contribution in [3.8, 4) is 0 Å². The van der Waals surface area contributed by atoms with Gasteiger partial charge in [-0.25, -0.2) is 0 Å². The van der Waals surface area contributed by atoms with Crippen LogP contribution in [0.2, 0.25) is 5.02 Å². The van der Waals surface area contributed by atoms with Crippen molar-refractivity contribution in [1.29, 1.82) is 0 Å². The summed E-state index contributed by atoms with van der Waals surface area (Å²) in [7, 11) is 0. The van der Waals surface area contributed by atoms with E-state index in [1.165, 1.54) is 11.1 Å². The van der Waals surface area contributed by atoms with Gasteiger partial charge in [-0.3, -0.25) is 0 Å². The highest BCUT2D eigenvalue weighted by Gasteiger charge is 2.40. The summed E-state index contributed by atoms with van der Waals surface area (Å²) in [5.41, 5.74) is 8.49. The number of aryl methyl sites for hydroxylation is 1. The van der Waals surface area contributed by atoms with Crippen LogP contribution in [0.1, 0.15) is 24.0 Å². The molecule has 2 rings (SSSR count). The van der Waals surface area contributed by atoms with Crippen LogP contribution in [0.5, 0.6) is 0 Å². The monoisotopic (exact) mass is 217 g/mol. The molecule has 0 saturated heterocycles. The van der Waals surface area contributed by atoms with Crippen molar-refractivity contribution in [3.05, 3.63) is 34.3 Å². The zero-order chi connectivity index (χ0) is 8.77. The maximum atomic E-state index is 6.08. The maximum Gasteiger partial charge on any atom is 0.0414 e. The first-order chi connectivity index (χ1) is 5.62. The van der Waals surface area contributed by atoms with Crippen molar-refractivity contribution in [1.82, 2.24) is 0 Å². The van der Waals surface area contributed by atoms with E-state index >= 15 is 0 Å². The largest absolute Gasteiger partial charge is 0.321 e. The van der Waals surface area contributed by atoms with E-state index in [1.807, 2.05) is 18.2 Å². The standard InChI is InChI=1S/C10H12ClN.ClH/c1-7-2-3-8(11)6-9(7)10(12)4-5-10;/h2-3,6H,4-5,12H2,1H3;1H. The molecule has 1 aliphatic carbocycles. The van der Waals surface area contributed by atoms with Crippen molar-refractivity contribution in [3.63, 3.8) is 0 Å². The highest BCUT2D eigenvalue weighted by atomic mass is 35.5. The summed E-state index contributed by atoms with van der Waals surface area (Å²) in [6, 6.07) is 5.93. The molecule has 1 aromatic rings. The minimum Gasteiger partial charge on any atom is -0.321 e.